The molecule has 2 fully saturated rings. The van der Waals surface area contributed by atoms with Gasteiger partial charge in [0.25, 0.3) is 0 Å². The summed E-state index contributed by atoms with van der Waals surface area (Å²) in [5, 5.41) is 0. The number of hydrogen-bond acceptors (Lipinski definition) is 4. The monoisotopic (exact) mass is 294 g/mol. The van der Waals surface area contributed by atoms with Crippen molar-refractivity contribution in [1.82, 2.24) is 0 Å². The van der Waals surface area contributed by atoms with Crippen LogP contribution in [0.2, 0.25) is 0 Å². The lowest BCUT2D eigenvalue weighted by molar-refractivity contribution is 0.342. The number of nitrogens with two attached hydrogens (primary N) is 1. The summed E-state index contributed by atoms with van der Waals surface area (Å²) in [4.78, 5) is 2.60. The summed E-state index contributed by atoms with van der Waals surface area (Å²) in [5.41, 5.74) is 7.47. The number of para-hydroxylation sites is 1. The van der Waals surface area contributed by atoms with E-state index < -0.39 is 9.84 Å². The zero-order valence-electron chi connectivity index (χ0n) is 11.9. The molecule has 2 aliphatic rings. The third kappa shape index (κ3) is 2.28. The molecule has 0 aromatic heterocycles. The van der Waals surface area contributed by atoms with Crippen molar-refractivity contribution >= 4 is 21.2 Å². The second-order valence-electron chi connectivity index (χ2n) is 6.06. The van der Waals surface area contributed by atoms with Crippen LogP contribution in [0.15, 0.2) is 23.1 Å². The van der Waals surface area contributed by atoms with Gasteiger partial charge in [-0.05, 0) is 37.3 Å². The smallest absolute Gasteiger partial charge is 0.177 e. The Morgan fingerprint density at radius 3 is 2.70 bits per heavy atom. The van der Waals surface area contributed by atoms with Crippen molar-refractivity contribution in [3.8, 4) is 0 Å². The van der Waals surface area contributed by atoms with Gasteiger partial charge in [-0.15, -0.1) is 0 Å². The van der Waals surface area contributed by atoms with Crippen molar-refractivity contribution in [2.75, 3.05) is 23.4 Å². The van der Waals surface area contributed by atoms with Gasteiger partial charge in [-0.2, -0.15) is 0 Å². The molecule has 3 rings (SSSR count). The van der Waals surface area contributed by atoms with Crippen LogP contribution in [-0.4, -0.2) is 27.3 Å². The fraction of sp³-hybridized carbons (Fsp3) is 0.600. The van der Waals surface area contributed by atoms with Crippen LogP contribution in [0.5, 0.6) is 0 Å². The summed E-state index contributed by atoms with van der Waals surface area (Å²) < 4.78 is 23.6. The maximum atomic E-state index is 11.8. The first-order valence-electron chi connectivity index (χ1n) is 7.33. The lowest BCUT2D eigenvalue weighted by Crippen LogP contribution is -2.35. The van der Waals surface area contributed by atoms with Crippen LogP contribution in [0.4, 0.5) is 11.4 Å². The summed E-state index contributed by atoms with van der Waals surface area (Å²) in [7, 11) is -3.27. The molecule has 2 unspecified atom stereocenters. The Kier molecular flexibility index (Phi) is 3.40. The van der Waals surface area contributed by atoms with E-state index in [2.05, 4.69) is 4.90 Å². The highest BCUT2D eigenvalue weighted by Crippen LogP contribution is 2.41. The molecule has 2 atom stereocenters. The van der Waals surface area contributed by atoms with Gasteiger partial charge in [0.1, 0.15) is 0 Å². The van der Waals surface area contributed by atoms with Crippen LogP contribution >= 0.6 is 0 Å². The van der Waals surface area contributed by atoms with Gasteiger partial charge in [0, 0.05) is 18.8 Å². The Morgan fingerprint density at radius 2 is 1.95 bits per heavy atom. The third-order valence-corrected chi connectivity index (χ3v) is 5.92. The molecule has 0 bridgehead atoms. The highest BCUT2D eigenvalue weighted by molar-refractivity contribution is 7.90. The number of fused-ring (bicyclic) bond motifs is 1. The molecule has 1 aromatic rings. The zero-order chi connectivity index (χ0) is 14.3. The van der Waals surface area contributed by atoms with Crippen molar-refractivity contribution in [3.63, 3.8) is 0 Å². The van der Waals surface area contributed by atoms with Crippen molar-refractivity contribution in [2.45, 2.75) is 43.0 Å². The molecular weight excluding hydrogens is 272 g/mol. The molecule has 0 spiro atoms. The summed E-state index contributed by atoms with van der Waals surface area (Å²) in [5.74, 6) is 0.755. The van der Waals surface area contributed by atoms with E-state index in [4.69, 9.17) is 5.73 Å². The summed E-state index contributed by atoms with van der Waals surface area (Å²) in [6.07, 6.45) is 7.51. The van der Waals surface area contributed by atoms with Crippen LogP contribution in [0.25, 0.3) is 0 Å². The maximum Gasteiger partial charge on any atom is 0.177 e. The standard InChI is InChI=1S/C15H22N2O2S/c1-20(18,19)14-8-4-7-13(15(14)16)17-10-9-11-5-2-3-6-12(11)17/h4,7-8,11-12H,2-3,5-6,9-10,16H2,1H3. The molecule has 0 radical (unpaired) electrons. The minimum atomic E-state index is -3.27. The van der Waals surface area contributed by atoms with E-state index in [9.17, 15) is 8.42 Å². The molecular formula is C15H22N2O2S. The summed E-state index contributed by atoms with van der Waals surface area (Å²) in [6.45, 7) is 0.993. The fourth-order valence-electron chi connectivity index (χ4n) is 3.81. The average Bonchev–Trinajstić information content (AvgIpc) is 2.81. The van der Waals surface area contributed by atoms with Crippen molar-refractivity contribution in [3.05, 3.63) is 18.2 Å². The average molecular weight is 294 g/mol. The Hall–Kier alpha value is -1.23. The number of benzene rings is 1. The highest BCUT2D eigenvalue weighted by Gasteiger charge is 2.36. The van der Waals surface area contributed by atoms with Crippen LogP contribution in [0.1, 0.15) is 32.1 Å². The van der Waals surface area contributed by atoms with Gasteiger partial charge in [-0.3, -0.25) is 0 Å². The topological polar surface area (TPSA) is 63.4 Å². The van der Waals surface area contributed by atoms with E-state index in [1.807, 2.05) is 6.07 Å². The lowest BCUT2D eigenvalue weighted by Gasteiger charge is -2.34. The molecule has 1 saturated carbocycles. The Labute approximate surface area is 120 Å². The van der Waals surface area contributed by atoms with E-state index in [-0.39, 0.29) is 4.90 Å². The number of hydrogen-bond donors (Lipinski definition) is 1. The predicted molar refractivity (Wildman–Crippen MR) is 81.7 cm³/mol. The van der Waals surface area contributed by atoms with Gasteiger partial charge in [-0.1, -0.05) is 18.9 Å². The summed E-state index contributed by atoms with van der Waals surface area (Å²) in [6, 6.07) is 5.91. The number of nitrogens with zero attached hydrogens (tertiary/aromatic N) is 1. The number of nitrogen functional groups attached to an aromatic ring is 1. The molecule has 1 aliphatic carbocycles. The van der Waals surface area contributed by atoms with Crippen molar-refractivity contribution in [2.24, 2.45) is 5.92 Å². The van der Waals surface area contributed by atoms with Crippen LogP contribution in [0.3, 0.4) is 0 Å². The lowest BCUT2D eigenvalue weighted by atomic mass is 9.85. The zero-order valence-corrected chi connectivity index (χ0v) is 12.7. The van der Waals surface area contributed by atoms with Crippen LogP contribution in [-0.2, 0) is 9.84 Å². The Bertz CT molecular complexity index is 612. The minimum Gasteiger partial charge on any atom is -0.396 e. The minimum absolute atomic E-state index is 0.259. The van der Waals surface area contributed by atoms with Gasteiger partial charge in [0.05, 0.1) is 16.3 Å². The third-order valence-electron chi connectivity index (χ3n) is 4.76. The molecule has 110 valence electrons. The number of rotatable bonds is 2. The van der Waals surface area contributed by atoms with Gasteiger partial charge >= 0.3 is 0 Å². The SMILES string of the molecule is CS(=O)(=O)c1cccc(N2CCC3CCCCC32)c1N. The van der Waals surface area contributed by atoms with Gasteiger partial charge in [-0.25, -0.2) is 8.42 Å². The quantitative estimate of drug-likeness (QED) is 0.851. The first-order valence-corrected chi connectivity index (χ1v) is 9.23. The molecule has 1 aliphatic heterocycles. The predicted octanol–water partition coefficient (Wildman–Crippen LogP) is 2.44. The van der Waals surface area contributed by atoms with Crippen molar-refractivity contribution in [1.29, 1.82) is 0 Å². The highest BCUT2D eigenvalue weighted by atomic mass is 32.2. The van der Waals surface area contributed by atoms with E-state index in [0.29, 0.717) is 11.7 Å². The molecule has 1 aromatic carbocycles. The van der Waals surface area contributed by atoms with E-state index in [1.54, 1.807) is 12.1 Å². The van der Waals surface area contributed by atoms with Crippen molar-refractivity contribution < 1.29 is 8.42 Å². The second kappa shape index (κ2) is 4.95. The van der Waals surface area contributed by atoms with E-state index in [0.717, 1.165) is 18.2 Å². The molecule has 1 saturated heterocycles. The van der Waals surface area contributed by atoms with E-state index >= 15 is 0 Å². The largest absolute Gasteiger partial charge is 0.396 e. The van der Waals surface area contributed by atoms with Gasteiger partial charge in [0.15, 0.2) is 9.84 Å². The molecule has 5 heteroatoms. The first kappa shape index (κ1) is 13.7. The number of sulfone groups is 1. The van der Waals surface area contributed by atoms with Crippen LogP contribution < -0.4 is 10.6 Å². The van der Waals surface area contributed by atoms with E-state index in [1.165, 1.54) is 38.4 Å². The Morgan fingerprint density at radius 1 is 1.20 bits per heavy atom. The van der Waals surface area contributed by atoms with Gasteiger partial charge < -0.3 is 10.6 Å². The van der Waals surface area contributed by atoms with Crippen LogP contribution in [0, 0.1) is 5.92 Å². The molecule has 20 heavy (non-hydrogen) atoms. The molecule has 4 nitrogen and oxygen atoms in total. The molecule has 1 heterocycles. The maximum absolute atomic E-state index is 11.8. The molecule has 2 N–H and O–H groups in total. The summed E-state index contributed by atoms with van der Waals surface area (Å²) >= 11 is 0. The fourth-order valence-corrected chi connectivity index (χ4v) is 4.64. The number of anilines is 2. The second-order valence-corrected chi connectivity index (χ2v) is 8.04. The normalized spacial score (nSPS) is 26.6. The van der Waals surface area contributed by atoms with Gasteiger partial charge in [0.2, 0.25) is 0 Å². The Balaban J connectivity index is 1.99. The first-order chi connectivity index (χ1) is 9.48. The molecule has 0 amide bonds.